The van der Waals surface area contributed by atoms with Crippen molar-refractivity contribution in [2.75, 3.05) is 53.0 Å². The lowest BCUT2D eigenvalue weighted by atomic mass is 9.92. The Hall–Kier alpha value is -0.980. The van der Waals surface area contributed by atoms with Gasteiger partial charge >= 0.3 is 0 Å². The molecule has 1 aromatic rings. The van der Waals surface area contributed by atoms with Crippen molar-refractivity contribution in [3.8, 4) is 0 Å². The lowest BCUT2D eigenvalue weighted by Crippen LogP contribution is -2.53. The minimum absolute atomic E-state index is 0. The summed E-state index contributed by atoms with van der Waals surface area (Å²) < 4.78 is 5.53. The summed E-state index contributed by atoms with van der Waals surface area (Å²) in [5.74, 6) is 1.33. The van der Waals surface area contributed by atoms with Crippen LogP contribution < -0.4 is 16.0 Å². The first-order chi connectivity index (χ1) is 14.1. The Morgan fingerprint density at radius 2 is 1.90 bits per heavy atom. The monoisotopic (exact) mass is 552 g/mol. The molecule has 0 saturated carbocycles. The second-order valence-corrected chi connectivity index (χ2v) is 8.05. The van der Waals surface area contributed by atoms with E-state index in [0.717, 1.165) is 57.3 Å². The Labute approximate surface area is 201 Å². The molecular formula is C20H37IN6O2S. The summed E-state index contributed by atoms with van der Waals surface area (Å²) in [7, 11) is 1.77. The number of nitrogens with one attached hydrogen (secondary N) is 3. The maximum Gasteiger partial charge on any atom is 0.263 e. The number of aryl methyl sites for hydroxylation is 1. The molecule has 2 rings (SSSR count). The molecule has 172 valence electrons. The summed E-state index contributed by atoms with van der Waals surface area (Å²) in [6.07, 6.45) is 2.32. The van der Waals surface area contributed by atoms with Crippen LogP contribution in [0, 0.1) is 12.8 Å². The molecule has 0 radical (unpaired) electrons. The molecule has 1 amide bonds. The maximum absolute atomic E-state index is 12.1. The van der Waals surface area contributed by atoms with Crippen LogP contribution in [0.2, 0.25) is 0 Å². The van der Waals surface area contributed by atoms with E-state index in [2.05, 4.69) is 44.7 Å². The Morgan fingerprint density at radius 3 is 2.47 bits per heavy atom. The number of halogens is 1. The quantitative estimate of drug-likeness (QED) is 0.178. The van der Waals surface area contributed by atoms with Crippen LogP contribution in [-0.4, -0.2) is 80.8 Å². The summed E-state index contributed by atoms with van der Waals surface area (Å²) in [6, 6.07) is 0.460. The molecule has 0 spiro atoms. The highest BCUT2D eigenvalue weighted by atomic mass is 127. The number of ether oxygens (including phenoxy) is 1. The number of amides is 1. The molecular weight excluding hydrogens is 515 g/mol. The van der Waals surface area contributed by atoms with E-state index >= 15 is 0 Å². The van der Waals surface area contributed by atoms with Crippen LogP contribution in [0.25, 0.3) is 0 Å². The molecule has 1 fully saturated rings. The van der Waals surface area contributed by atoms with Gasteiger partial charge in [-0.15, -0.1) is 35.3 Å². The van der Waals surface area contributed by atoms with E-state index < -0.39 is 0 Å². The molecule has 1 atom stereocenters. The van der Waals surface area contributed by atoms with Crippen LogP contribution in [0.3, 0.4) is 0 Å². The number of hydrogen-bond acceptors (Lipinski definition) is 6. The smallest absolute Gasteiger partial charge is 0.263 e. The standard InChI is InChI=1S/C20H36N6O2S.HI/c1-5-16(6-2)17(26-9-11-28-12-10-26)13-24-20(21-4)23-8-7-22-19(27)18-15(3)25-14-29-18;/h14,16-17H,5-13H2,1-4H3,(H,22,27)(H2,21,23,24);1H. The third kappa shape index (κ3) is 8.27. The Bertz CT molecular complexity index is 647. The minimum atomic E-state index is -0.0733. The Kier molecular flexibility index (Phi) is 13.5. The SMILES string of the molecule is CCC(CC)C(CNC(=NC)NCCNC(=O)c1scnc1C)N1CCOCC1.I. The number of hydrogen-bond donors (Lipinski definition) is 3. The van der Waals surface area contributed by atoms with E-state index in [0.29, 0.717) is 29.9 Å². The topological polar surface area (TPSA) is 90.9 Å². The third-order valence-electron chi connectivity index (χ3n) is 5.46. The van der Waals surface area contributed by atoms with Gasteiger partial charge in [0.1, 0.15) is 4.88 Å². The molecule has 30 heavy (non-hydrogen) atoms. The fraction of sp³-hybridized carbons (Fsp3) is 0.750. The highest BCUT2D eigenvalue weighted by Gasteiger charge is 2.27. The predicted molar refractivity (Wildman–Crippen MR) is 134 cm³/mol. The number of carbonyl (C=O) groups excluding carboxylic acids is 1. The Morgan fingerprint density at radius 1 is 1.23 bits per heavy atom. The molecule has 2 heterocycles. The molecule has 1 unspecified atom stereocenters. The fourth-order valence-electron chi connectivity index (χ4n) is 3.71. The van der Waals surface area contributed by atoms with Gasteiger partial charge in [0, 0.05) is 45.8 Å². The molecule has 0 aromatic carbocycles. The highest BCUT2D eigenvalue weighted by molar-refractivity contribution is 14.0. The van der Waals surface area contributed by atoms with Gasteiger partial charge in [-0.1, -0.05) is 26.7 Å². The largest absolute Gasteiger partial charge is 0.379 e. The second-order valence-electron chi connectivity index (χ2n) is 7.19. The van der Waals surface area contributed by atoms with Gasteiger partial charge < -0.3 is 20.7 Å². The van der Waals surface area contributed by atoms with Gasteiger partial charge in [-0.05, 0) is 12.8 Å². The number of aromatic nitrogens is 1. The van der Waals surface area contributed by atoms with Crippen LogP contribution >= 0.6 is 35.3 Å². The van der Waals surface area contributed by atoms with Gasteiger partial charge in [0.05, 0.1) is 24.4 Å². The Balaban J connectivity index is 0.00000450. The van der Waals surface area contributed by atoms with Crippen molar-refractivity contribution in [2.24, 2.45) is 10.9 Å². The third-order valence-corrected chi connectivity index (χ3v) is 6.39. The van der Waals surface area contributed by atoms with Crippen molar-refractivity contribution < 1.29 is 9.53 Å². The molecule has 1 aromatic heterocycles. The average molecular weight is 553 g/mol. The molecule has 0 aliphatic carbocycles. The van der Waals surface area contributed by atoms with Crippen LogP contribution in [0.15, 0.2) is 10.5 Å². The van der Waals surface area contributed by atoms with Crippen molar-refractivity contribution in [3.63, 3.8) is 0 Å². The molecule has 1 aliphatic heterocycles. The number of thiazole rings is 1. The van der Waals surface area contributed by atoms with E-state index in [1.54, 1.807) is 12.6 Å². The van der Waals surface area contributed by atoms with Crippen molar-refractivity contribution in [1.82, 2.24) is 25.8 Å². The zero-order valence-electron chi connectivity index (χ0n) is 18.6. The van der Waals surface area contributed by atoms with Gasteiger partial charge in [0.15, 0.2) is 5.96 Å². The first-order valence-corrected chi connectivity index (χ1v) is 11.4. The molecule has 10 heteroatoms. The second kappa shape index (κ2) is 14.9. The molecule has 8 nitrogen and oxygen atoms in total. The van der Waals surface area contributed by atoms with Crippen LogP contribution in [0.5, 0.6) is 0 Å². The predicted octanol–water partition coefficient (Wildman–Crippen LogP) is 2.10. The van der Waals surface area contributed by atoms with Crippen LogP contribution in [0.4, 0.5) is 0 Å². The highest BCUT2D eigenvalue weighted by Crippen LogP contribution is 2.19. The van der Waals surface area contributed by atoms with Crippen LogP contribution in [-0.2, 0) is 4.74 Å². The number of morpholine rings is 1. The lowest BCUT2D eigenvalue weighted by Gasteiger charge is -2.39. The molecule has 1 saturated heterocycles. The van der Waals surface area contributed by atoms with Crippen LogP contribution in [0.1, 0.15) is 42.1 Å². The van der Waals surface area contributed by atoms with Crippen molar-refractivity contribution in [1.29, 1.82) is 0 Å². The van der Waals surface area contributed by atoms with Gasteiger partial charge in [-0.25, -0.2) is 4.98 Å². The minimum Gasteiger partial charge on any atom is -0.379 e. The summed E-state index contributed by atoms with van der Waals surface area (Å²) in [4.78, 5) is 23.8. The lowest BCUT2D eigenvalue weighted by molar-refractivity contribution is 0.00272. The molecule has 1 aliphatic rings. The van der Waals surface area contributed by atoms with Gasteiger partial charge in [-0.3, -0.25) is 14.7 Å². The number of aliphatic imine (C=N–C) groups is 1. The van der Waals surface area contributed by atoms with Crippen molar-refractivity contribution in [3.05, 3.63) is 16.1 Å². The van der Waals surface area contributed by atoms with E-state index in [9.17, 15) is 4.79 Å². The zero-order chi connectivity index (χ0) is 21.1. The van der Waals surface area contributed by atoms with Crippen molar-refractivity contribution in [2.45, 2.75) is 39.7 Å². The van der Waals surface area contributed by atoms with Gasteiger partial charge in [0.25, 0.3) is 5.91 Å². The van der Waals surface area contributed by atoms with E-state index in [1.165, 1.54) is 11.3 Å². The normalized spacial score (nSPS) is 16.1. The zero-order valence-corrected chi connectivity index (χ0v) is 21.7. The first kappa shape index (κ1) is 27.1. The average Bonchev–Trinajstić information content (AvgIpc) is 3.18. The van der Waals surface area contributed by atoms with E-state index in [4.69, 9.17) is 4.74 Å². The number of carbonyl (C=O) groups is 1. The molecule has 3 N–H and O–H groups in total. The summed E-state index contributed by atoms with van der Waals surface area (Å²) in [5, 5.41) is 9.69. The van der Waals surface area contributed by atoms with Gasteiger partial charge in [0.2, 0.25) is 0 Å². The summed E-state index contributed by atoms with van der Waals surface area (Å²) in [5.41, 5.74) is 2.47. The first-order valence-electron chi connectivity index (χ1n) is 10.5. The van der Waals surface area contributed by atoms with E-state index in [1.807, 2.05) is 6.92 Å². The van der Waals surface area contributed by atoms with E-state index in [-0.39, 0.29) is 29.9 Å². The molecule has 0 bridgehead atoms. The number of guanidine groups is 1. The van der Waals surface area contributed by atoms with Gasteiger partial charge in [-0.2, -0.15) is 0 Å². The maximum atomic E-state index is 12.1. The summed E-state index contributed by atoms with van der Waals surface area (Å²) in [6.45, 7) is 11.9. The number of nitrogens with zero attached hydrogens (tertiary/aromatic N) is 3. The number of rotatable bonds is 10. The van der Waals surface area contributed by atoms with Crippen molar-refractivity contribution >= 4 is 47.2 Å². The fourth-order valence-corrected chi connectivity index (χ4v) is 4.43. The summed E-state index contributed by atoms with van der Waals surface area (Å²) >= 11 is 1.36.